The first-order valence-corrected chi connectivity index (χ1v) is 4.68. The van der Waals surface area contributed by atoms with Gasteiger partial charge in [-0.05, 0) is 19.3 Å². The van der Waals surface area contributed by atoms with Crippen molar-refractivity contribution in [3.05, 3.63) is 37.1 Å². The fourth-order valence-electron chi connectivity index (χ4n) is 1.32. The zero-order chi connectivity index (χ0) is 10.1. The molecule has 0 amide bonds. The van der Waals surface area contributed by atoms with Crippen LogP contribution in [0.3, 0.4) is 0 Å². The Hall–Kier alpha value is -1.02. The van der Waals surface area contributed by atoms with E-state index in [0.29, 0.717) is 5.92 Å². The average Bonchev–Trinajstić information content (AvgIpc) is 2.14. The van der Waals surface area contributed by atoms with Crippen molar-refractivity contribution in [2.24, 2.45) is 11.8 Å². The SMILES string of the molecule is C=CCC(CC=C)C(=CCC)NN. The Bertz CT molecular complexity index is 173. The summed E-state index contributed by atoms with van der Waals surface area (Å²) in [6, 6.07) is 0. The molecule has 0 aliphatic rings. The van der Waals surface area contributed by atoms with Crippen LogP contribution in [0.5, 0.6) is 0 Å². The molecule has 2 heteroatoms. The first-order chi connectivity index (χ1) is 6.29. The van der Waals surface area contributed by atoms with Gasteiger partial charge in [0.05, 0.1) is 0 Å². The lowest BCUT2D eigenvalue weighted by Gasteiger charge is -2.16. The molecule has 0 atom stereocenters. The van der Waals surface area contributed by atoms with Crippen molar-refractivity contribution in [2.75, 3.05) is 0 Å². The third kappa shape index (κ3) is 4.53. The second-order valence-electron chi connectivity index (χ2n) is 2.96. The van der Waals surface area contributed by atoms with Gasteiger partial charge in [-0.1, -0.05) is 25.2 Å². The van der Waals surface area contributed by atoms with Crippen molar-refractivity contribution < 1.29 is 0 Å². The summed E-state index contributed by atoms with van der Waals surface area (Å²) in [6.07, 6.45) is 8.79. The molecular formula is C11H20N2. The van der Waals surface area contributed by atoms with Crippen molar-refractivity contribution in [1.29, 1.82) is 0 Å². The summed E-state index contributed by atoms with van der Waals surface area (Å²) in [6.45, 7) is 9.55. The average molecular weight is 180 g/mol. The molecule has 0 saturated carbocycles. The molecule has 2 nitrogen and oxygen atoms in total. The highest BCUT2D eigenvalue weighted by atomic mass is 15.2. The number of nitrogens with one attached hydrogen (secondary N) is 1. The van der Waals surface area contributed by atoms with Crippen molar-refractivity contribution in [3.8, 4) is 0 Å². The Labute approximate surface area is 81.2 Å². The Balaban J connectivity index is 4.36. The Kier molecular flexibility index (Phi) is 7.02. The van der Waals surface area contributed by atoms with E-state index in [4.69, 9.17) is 5.84 Å². The van der Waals surface area contributed by atoms with Gasteiger partial charge in [0.1, 0.15) is 0 Å². The summed E-state index contributed by atoms with van der Waals surface area (Å²) >= 11 is 0. The standard InChI is InChI=1S/C11H20N2/c1-4-7-10(8-5-2)11(13-12)9-6-3/h4-5,9-10,13H,1-2,6-8,12H2,3H3. The number of rotatable bonds is 7. The molecule has 0 aromatic heterocycles. The normalized spacial score (nSPS) is 11.5. The molecule has 0 radical (unpaired) electrons. The number of nitrogens with two attached hydrogens (primary N) is 1. The Morgan fingerprint density at radius 1 is 1.38 bits per heavy atom. The quantitative estimate of drug-likeness (QED) is 0.359. The van der Waals surface area contributed by atoms with Crippen LogP contribution in [-0.4, -0.2) is 0 Å². The van der Waals surface area contributed by atoms with Crippen LogP contribution in [0.15, 0.2) is 37.1 Å². The van der Waals surface area contributed by atoms with Crippen LogP contribution in [0.4, 0.5) is 0 Å². The topological polar surface area (TPSA) is 38.0 Å². The molecule has 0 rings (SSSR count). The molecule has 0 aliphatic carbocycles. The second-order valence-corrected chi connectivity index (χ2v) is 2.96. The minimum absolute atomic E-state index is 0.403. The Morgan fingerprint density at radius 3 is 2.23 bits per heavy atom. The van der Waals surface area contributed by atoms with Gasteiger partial charge < -0.3 is 5.43 Å². The van der Waals surface area contributed by atoms with Gasteiger partial charge in [0.25, 0.3) is 0 Å². The third-order valence-electron chi connectivity index (χ3n) is 1.93. The molecule has 0 unspecified atom stereocenters. The van der Waals surface area contributed by atoms with Gasteiger partial charge >= 0.3 is 0 Å². The molecule has 0 aliphatic heterocycles. The fraction of sp³-hybridized carbons (Fsp3) is 0.455. The van der Waals surface area contributed by atoms with E-state index in [1.165, 1.54) is 0 Å². The predicted molar refractivity (Wildman–Crippen MR) is 58.8 cm³/mol. The van der Waals surface area contributed by atoms with Gasteiger partial charge in [-0.15, -0.1) is 13.2 Å². The van der Waals surface area contributed by atoms with E-state index in [2.05, 4.69) is 31.6 Å². The number of hydrogen-bond donors (Lipinski definition) is 2. The zero-order valence-electron chi connectivity index (χ0n) is 8.42. The highest BCUT2D eigenvalue weighted by Crippen LogP contribution is 2.17. The monoisotopic (exact) mass is 180 g/mol. The fourth-order valence-corrected chi connectivity index (χ4v) is 1.32. The minimum Gasteiger partial charge on any atom is -0.328 e. The minimum atomic E-state index is 0.403. The molecule has 0 spiro atoms. The van der Waals surface area contributed by atoms with Gasteiger partial charge in [0, 0.05) is 11.6 Å². The molecule has 74 valence electrons. The van der Waals surface area contributed by atoms with Crippen LogP contribution >= 0.6 is 0 Å². The van der Waals surface area contributed by atoms with Crippen molar-refractivity contribution in [2.45, 2.75) is 26.2 Å². The van der Waals surface area contributed by atoms with E-state index in [9.17, 15) is 0 Å². The first kappa shape index (κ1) is 12.0. The Morgan fingerprint density at radius 2 is 1.92 bits per heavy atom. The van der Waals surface area contributed by atoms with Crippen molar-refractivity contribution >= 4 is 0 Å². The van der Waals surface area contributed by atoms with Gasteiger partial charge in [-0.25, -0.2) is 0 Å². The summed E-state index contributed by atoms with van der Waals surface area (Å²) in [7, 11) is 0. The second kappa shape index (κ2) is 7.62. The van der Waals surface area contributed by atoms with E-state index >= 15 is 0 Å². The molecule has 0 aromatic rings. The number of hydrogen-bond acceptors (Lipinski definition) is 2. The van der Waals surface area contributed by atoms with E-state index in [1.807, 2.05) is 12.2 Å². The van der Waals surface area contributed by atoms with Gasteiger partial charge in [0.2, 0.25) is 0 Å². The summed E-state index contributed by atoms with van der Waals surface area (Å²) in [5.41, 5.74) is 3.82. The summed E-state index contributed by atoms with van der Waals surface area (Å²) in [4.78, 5) is 0. The molecule has 3 N–H and O–H groups in total. The van der Waals surface area contributed by atoms with Crippen molar-refractivity contribution in [1.82, 2.24) is 5.43 Å². The van der Waals surface area contributed by atoms with Gasteiger partial charge in [-0.2, -0.15) is 0 Å². The molecule has 13 heavy (non-hydrogen) atoms. The van der Waals surface area contributed by atoms with E-state index in [1.54, 1.807) is 0 Å². The summed E-state index contributed by atoms with van der Waals surface area (Å²) in [5, 5.41) is 0. The van der Waals surface area contributed by atoms with Crippen LogP contribution in [0.1, 0.15) is 26.2 Å². The highest BCUT2D eigenvalue weighted by molar-refractivity contribution is 5.06. The zero-order valence-corrected chi connectivity index (χ0v) is 8.42. The van der Waals surface area contributed by atoms with Crippen LogP contribution in [0.2, 0.25) is 0 Å². The van der Waals surface area contributed by atoms with Gasteiger partial charge in [-0.3, -0.25) is 5.84 Å². The predicted octanol–water partition coefficient (Wildman–Crippen LogP) is 2.51. The largest absolute Gasteiger partial charge is 0.328 e. The van der Waals surface area contributed by atoms with E-state index in [0.717, 1.165) is 25.0 Å². The lowest BCUT2D eigenvalue weighted by Crippen LogP contribution is -2.26. The maximum atomic E-state index is 5.43. The van der Waals surface area contributed by atoms with E-state index < -0.39 is 0 Å². The van der Waals surface area contributed by atoms with Gasteiger partial charge in [0.15, 0.2) is 0 Å². The van der Waals surface area contributed by atoms with Crippen molar-refractivity contribution in [3.63, 3.8) is 0 Å². The number of allylic oxidation sites excluding steroid dienone is 4. The molecule has 0 bridgehead atoms. The maximum absolute atomic E-state index is 5.43. The number of hydrazine groups is 1. The lowest BCUT2D eigenvalue weighted by atomic mass is 9.97. The van der Waals surface area contributed by atoms with Crippen LogP contribution in [0, 0.1) is 5.92 Å². The molecule has 0 fully saturated rings. The molecule has 0 saturated heterocycles. The molecule has 0 aromatic carbocycles. The lowest BCUT2D eigenvalue weighted by molar-refractivity contribution is 0.576. The summed E-state index contributed by atoms with van der Waals surface area (Å²) in [5.74, 6) is 5.84. The van der Waals surface area contributed by atoms with Crippen LogP contribution in [0.25, 0.3) is 0 Å². The van der Waals surface area contributed by atoms with Crippen LogP contribution < -0.4 is 11.3 Å². The van der Waals surface area contributed by atoms with Crippen LogP contribution in [-0.2, 0) is 0 Å². The molecule has 0 heterocycles. The molecular weight excluding hydrogens is 160 g/mol. The summed E-state index contributed by atoms with van der Waals surface area (Å²) < 4.78 is 0. The first-order valence-electron chi connectivity index (χ1n) is 4.68. The third-order valence-corrected chi connectivity index (χ3v) is 1.93. The smallest absolute Gasteiger partial charge is 0.0256 e. The van der Waals surface area contributed by atoms with E-state index in [-0.39, 0.29) is 0 Å². The maximum Gasteiger partial charge on any atom is 0.0256 e. The highest BCUT2D eigenvalue weighted by Gasteiger charge is 2.09.